The lowest BCUT2D eigenvalue weighted by Gasteiger charge is -2.41. The summed E-state index contributed by atoms with van der Waals surface area (Å²) in [5.74, 6) is 4.71. The van der Waals surface area contributed by atoms with Crippen LogP contribution in [-0.4, -0.2) is 0 Å². The molecule has 1 unspecified atom stereocenters. The second-order valence-corrected chi connectivity index (χ2v) is 7.39. The summed E-state index contributed by atoms with van der Waals surface area (Å²) in [6, 6.07) is 9.27. The molecule has 3 rings (SSSR count). The average Bonchev–Trinajstić information content (AvgIpc) is 2.75. The van der Waals surface area contributed by atoms with E-state index in [1.165, 1.54) is 0 Å². The Hall–Kier alpha value is -0.780. The van der Waals surface area contributed by atoms with Crippen LogP contribution in [0.4, 0.5) is 0 Å². The summed E-state index contributed by atoms with van der Waals surface area (Å²) in [5, 5.41) is 0. The highest BCUT2D eigenvalue weighted by Gasteiger charge is 2.61. The molecule has 0 aromatic heterocycles. The van der Waals surface area contributed by atoms with Crippen LogP contribution in [0.5, 0.6) is 0 Å². The Balaban J connectivity index is 2.24. The smallest absolute Gasteiger partial charge is 0.00436 e. The highest BCUT2D eigenvalue weighted by atomic mass is 14.6. The molecule has 1 spiro atoms. The van der Waals surface area contributed by atoms with Crippen molar-refractivity contribution in [2.45, 2.75) is 52.9 Å². The molecule has 1 aromatic carbocycles. The molecule has 0 amide bonds. The van der Waals surface area contributed by atoms with E-state index in [4.69, 9.17) is 0 Å². The summed E-state index contributed by atoms with van der Waals surface area (Å²) in [6.07, 6.45) is 0. The monoisotopic (exact) mass is 256 g/mol. The lowest BCUT2D eigenvalue weighted by molar-refractivity contribution is 0.164. The zero-order chi connectivity index (χ0) is 13.9. The Kier molecular flexibility index (Phi) is 2.86. The number of rotatable bonds is 0. The molecule has 0 N–H and O–H groups in total. The minimum absolute atomic E-state index is 0.412. The molecule has 0 nitrogen and oxygen atoms in total. The number of fused-ring (bicyclic) bond motifs is 2. The van der Waals surface area contributed by atoms with E-state index in [9.17, 15) is 0 Å². The van der Waals surface area contributed by atoms with Crippen LogP contribution < -0.4 is 0 Å². The lowest BCUT2D eigenvalue weighted by Crippen LogP contribution is -2.40. The predicted molar refractivity (Wildman–Crippen MR) is 82.4 cm³/mol. The van der Waals surface area contributed by atoms with Crippen molar-refractivity contribution in [3.05, 3.63) is 35.4 Å². The zero-order valence-corrected chi connectivity index (χ0v) is 13.3. The van der Waals surface area contributed by atoms with Crippen molar-refractivity contribution < 1.29 is 0 Å². The van der Waals surface area contributed by atoms with E-state index in [1.54, 1.807) is 11.1 Å². The van der Waals surface area contributed by atoms with Crippen LogP contribution in [-0.2, 0) is 5.41 Å². The first-order chi connectivity index (χ1) is 8.94. The summed E-state index contributed by atoms with van der Waals surface area (Å²) < 4.78 is 0. The Labute approximate surface area is 118 Å². The normalized spacial score (nSPS) is 48.7. The van der Waals surface area contributed by atoms with Crippen molar-refractivity contribution in [1.29, 1.82) is 0 Å². The van der Waals surface area contributed by atoms with Crippen molar-refractivity contribution >= 4 is 0 Å². The SMILES string of the molecule is C[C@@H]1[C@H](C)[C@H](C)C2(c3ccccc3[C@H](C)[C@@H]2C)[C@@H]1C. The van der Waals surface area contributed by atoms with E-state index in [0.717, 1.165) is 29.6 Å². The minimum Gasteiger partial charge on any atom is -0.0620 e. The van der Waals surface area contributed by atoms with Gasteiger partial charge in [-0.2, -0.15) is 0 Å². The molecule has 0 heterocycles. The van der Waals surface area contributed by atoms with Gasteiger partial charge in [-0.25, -0.2) is 0 Å². The van der Waals surface area contributed by atoms with Gasteiger partial charge in [0.2, 0.25) is 0 Å². The summed E-state index contributed by atoms with van der Waals surface area (Å²) >= 11 is 0. The molecule has 0 radical (unpaired) electrons. The van der Waals surface area contributed by atoms with Gasteiger partial charge in [-0.3, -0.25) is 0 Å². The fourth-order valence-electron chi connectivity index (χ4n) is 5.73. The van der Waals surface area contributed by atoms with Gasteiger partial charge in [0, 0.05) is 5.41 Å². The highest BCUT2D eigenvalue weighted by molar-refractivity contribution is 5.46. The number of hydrogen-bond acceptors (Lipinski definition) is 0. The van der Waals surface area contributed by atoms with Crippen LogP contribution in [0.3, 0.4) is 0 Å². The Bertz CT molecular complexity index is 464. The van der Waals surface area contributed by atoms with Crippen LogP contribution >= 0.6 is 0 Å². The van der Waals surface area contributed by atoms with E-state index in [2.05, 4.69) is 65.8 Å². The third-order valence-corrected chi connectivity index (χ3v) is 7.33. The maximum atomic E-state index is 2.51. The van der Waals surface area contributed by atoms with Gasteiger partial charge in [0.15, 0.2) is 0 Å². The van der Waals surface area contributed by atoms with Crippen LogP contribution in [0, 0.1) is 29.6 Å². The second-order valence-electron chi connectivity index (χ2n) is 7.39. The van der Waals surface area contributed by atoms with E-state index in [1.807, 2.05) is 0 Å². The molecule has 1 aromatic rings. The molecule has 2 aliphatic rings. The van der Waals surface area contributed by atoms with Gasteiger partial charge in [-0.1, -0.05) is 65.8 Å². The van der Waals surface area contributed by atoms with Crippen molar-refractivity contribution in [3.63, 3.8) is 0 Å². The fourth-order valence-corrected chi connectivity index (χ4v) is 5.73. The first-order valence-electron chi connectivity index (χ1n) is 8.03. The summed E-state index contributed by atoms with van der Waals surface area (Å²) in [7, 11) is 0. The molecule has 1 saturated carbocycles. The molecule has 0 heteroatoms. The topological polar surface area (TPSA) is 0 Å². The maximum Gasteiger partial charge on any atom is 0.00436 e. The van der Waals surface area contributed by atoms with Crippen LogP contribution in [0.25, 0.3) is 0 Å². The Morgan fingerprint density at radius 2 is 1.26 bits per heavy atom. The minimum atomic E-state index is 0.412. The molecule has 104 valence electrons. The van der Waals surface area contributed by atoms with E-state index in [0.29, 0.717) is 11.3 Å². The number of hydrogen-bond donors (Lipinski definition) is 0. The molecule has 0 aliphatic heterocycles. The molecular formula is C19H28. The largest absolute Gasteiger partial charge is 0.0620 e. The second kappa shape index (κ2) is 4.11. The standard InChI is InChI=1S/C19H28/c1-11-12(2)15(5)19(14(11)4)16(6)13(3)17-9-7-8-10-18(17)19/h7-16H,1-6H3/t11-,12+,13-,14-,15+,16+,19?/m1/s1. The molecular weight excluding hydrogens is 228 g/mol. The van der Waals surface area contributed by atoms with E-state index >= 15 is 0 Å². The molecule has 1 fully saturated rings. The van der Waals surface area contributed by atoms with Crippen LogP contribution in [0.15, 0.2) is 24.3 Å². The van der Waals surface area contributed by atoms with Gasteiger partial charge < -0.3 is 0 Å². The Morgan fingerprint density at radius 1 is 0.737 bits per heavy atom. The molecule has 0 bridgehead atoms. The lowest BCUT2D eigenvalue weighted by atomic mass is 9.62. The number of benzene rings is 1. The van der Waals surface area contributed by atoms with Crippen molar-refractivity contribution in [2.75, 3.05) is 0 Å². The zero-order valence-electron chi connectivity index (χ0n) is 13.3. The maximum absolute atomic E-state index is 2.51. The summed E-state index contributed by atoms with van der Waals surface area (Å²) in [4.78, 5) is 0. The quantitative estimate of drug-likeness (QED) is 0.596. The molecule has 7 atom stereocenters. The third kappa shape index (κ3) is 1.36. The van der Waals surface area contributed by atoms with Crippen LogP contribution in [0.2, 0.25) is 0 Å². The first-order valence-corrected chi connectivity index (χ1v) is 8.03. The van der Waals surface area contributed by atoms with Gasteiger partial charge in [-0.15, -0.1) is 0 Å². The summed E-state index contributed by atoms with van der Waals surface area (Å²) in [5.41, 5.74) is 3.70. The Morgan fingerprint density at radius 3 is 1.84 bits per heavy atom. The van der Waals surface area contributed by atoms with Gasteiger partial charge in [0.05, 0.1) is 0 Å². The highest BCUT2D eigenvalue weighted by Crippen LogP contribution is 2.65. The first kappa shape index (κ1) is 13.2. The van der Waals surface area contributed by atoms with Crippen molar-refractivity contribution in [3.8, 4) is 0 Å². The fraction of sp³-hybridized carbons (Fsp3) is 0.684. The van der Waals surface area contributed by atoms with Gasteiger partial charge >= 0.3 is 0 Å². The van der Waals surface area contributed by atoms with E-state index in [-0.39, 0.29) is 0 Å². The van der Waals surface area contributed by atoms with Gasteiger partial charge in [0.1, 0.15) is 0 Å². The summed E-state index contributed by atoms with van der Waals surface area (Å²) in [6.45, 7) is 14.9. The van der Waals surface area contributed by atoms with Crippen LogP contribution in [0.1, 0.15) is 58.6 Å². The third-order valence-electron chi connectivity index (χ3n) is 7.33. The van der Waals surface area contributed by atoms with Crippen molar-refractivity contribution in [1.82, 2.24) is 0 Å². The van der Waals surface area contributed by atoms with Crippen molar-refractivity contribution in [2.24, 2.45) is 29.6 Å². The average molecular weight is 256 g/mol. The molecule has 19 heavy (non-hydrogen) atoms. The van der Waals surface area contributed by atoms with E-state index < -0.39 is 0 Å². The van der Waals surface area contributed by atoms with Gasteiger partial charge in [0.25, 0.3) is 0 Å². The molecule has 2 aliphatic carbocycles. The molecule has 0 saturated heterocycles. The van der Waals surface area contributed by atoms with Gasteiger partial charge in [-0.05, 0) is 46.6 Å². The predicted octanol–water partition coefficient (Wildman–Crippen LogP) is 5.24.